The van der Waals surface area contributed by atoms with Crippen LogP contribution in [-0.2, 0) is 14.8 Å². The molecule has 8 heteroatoms. The molecule has 0 saturated carbocycles. The number of thiophene rings is 1. The van der Waals surface area contributed by atoms with Crippen LogP contribution in [0, 0.1) is 12.8 Å². The van der Waals surface area contributed by atoms with Gasteiger partial charge < -0.3 is 5.32 Å². The number of rotatable bonds is 4. The normalized spacial score (nSPS) is 16.7. The standard InChI is InChI=1S/C17H19BrN2O3S2/c1-12-11-14(18)4-5-15(12)19-17(21)13-6-8-20(9-7-13)25(22,23)16-3-2-10-24-16/h2-5,10-11,13H,6-9H2,1H3,(H,19,21). The number of anilines is 1. The van der Waals surface area contributed by atoms with Crippen LogP contribution in [0.3, 0.4) is 0 Å². The van der Waals surface area contributed by atoms with Crippen molar-refractivity contribution in [1.82, 2.24) is 4.31 Å². The molecule has 0 radical (unpaired) electrons. The number of hydrogen-bond acceptors (Lipinski definition) is 4. The number of benzene rings is 1. The van der Waals surface area contributed by atoms with E-state index in [2.05, 4.69) is 21.2 Å². The van der Waals surface area contributed by atoms with Gasteiger partial charge >= 0.3 is 0 Å². The van der Waals surface area contributed by atoms with Crippen molar-refractivity contribution in [2.45, 2.75) is 24.0 Å². The van der Waals surface area contributed by atoms with E-state index in [0.29, 0.717) is 30.1 Å². The summed E-state index contributed by atoms with van der Waals surface area (Å²) in [6.45, 7) is 2.69. The van der Waals surface area contributed by atoms with E-state index in [9.17, 15) is 13.2 Å². The smallest absolute Gasteiger partial charge is 0.252 e. The molecule has 0 spiro atoms. The molecule has 1 aliphatic heterocycles. The number of hydrogen-bond donors (Lipinski definition) is 1. The minimum Gasteiger partial charge on any atom is -0.326 e. The third-order valence-corrected chi connectivity index (χ3v) is 8.13. The van der Waals surface area contributed by atoms with Crippen molar-refractivity contribution in [1.29, 1.82) is 0 Å². The van der Waals surface area contributed by atoms with E-state index < -0.39 is 10.0 Å². The van der Waals surface area contributed by atoms with Crippen molar-refractivity contribution in [2.24, 2.45) is 5.92 Å². The molecule has 25 heavy (non-hydrogen) atoms. The van der Waals surface area contributed by atoms with Gasteiger partial charge in [-0.15, -0.1) is 11.3 Å². The summed E-state index contributed by atoms with van der Waals surface area (Å²) in [6.07, 6.45) is 1.07. The summed E-state index contributed by atoms with van der Waals surface area (Å²) in [5.41, 5.74) is 1.78. The highest BCUT2D eigenvalue weighted by molar-refractivity contribution is 9.10. The number of aryl methyl sites for hydroxylation is 1. The van der Waals surface area contributed by atoms with Crippen LogP contribution < -0.4 is 5.32 Å². The van der Waals surface area contributed by atoms with Gasteiger partial charge in [0.2, 0.25) is 5.91 Å². The molecule has 1 aliphatic rings. The first-order chi connectivity index (χ1) is 11.9. The van der Waals surface area contributed by atoms with Gasteiger partial charge in [-0.05, 0) is 55.0 Å². The largest absolute Gasteiger partial charge is 0.326 e. The molecule has 0 aliphatic carbocycles. The van der Waals surface area contributed by atoms with Gasteiger partial charge in [0.1, 0.15) is 4.21 Å². The molecular weight excluding hydrogens is 424 g/mol. The Balaban J connectivity index is 1.61. The van der Waals surface area contributed by atoms with Crippen LogP contribution in [0.25, 0.3) is 0 Å². The molecule has 1 N–H and O–H groups in total. The van der Waals surface area contributed by atoms with Gasteiger partial charge in [0.05, 0.1) is 0 Å². The van der Waals surface area contributed by atoms with Crippen molar-refractivity contribution in [2.75, 3.05) is 18.4 Å². The zero-order valence-corrected chi connectivity index (χ0v) is 17.0. The number of carbonyl (C=O) groups excluding carboxylic acids is 1. The molecule has 1 aromatic carbocycles. The Labute approximate surface area is 160 Å². The van der Waals surface area contributed by atoms with Crippen molar-refractivity contribution in [3.63, 3.8) is 0 Å². The zero-order valence-electron chi connectivity index (χ0n) is 13.7. The second-order valence-corrected chi connectivity index (χ2v) is 10.1. The molecule has 1 saturated heterocycles. The van der Waals surface area contributed by atoms with E-state index in [4.69, 9.17) is 0 Å². The minimum absolute atomic E-state index is 0.0430. The minimum atomic E-state index is -3.42. The van der Waals surface area contributed by atoms with Gasteiger partial charge in [0.15, 0.2) is 0 Å². The summed E-state index contributed by atoms with van der Waals surface area (Å²) in [5.74, 6) is -0.212. The predicted octanol–water partition coefficient (Wildman–Crippen LogP) is 3.86. The number of halogens is 1. The molecular formula is C17H19BrN2O3S2. The Morgan fingerprint density at radius 1 is 1.28 bits per heavy atom. The molecule has 2 aromatic rings. The maximum Gasteiger partial charge on any atom is 0.252 e. The number of carbonyl (C=O) groups is 1. The summed E-state index contributed by atoms with van der Waals surface area (Å²) in [4.78, 5) is 12.5. The lowest BCUT2D eigenvalue weighted by atomic mass is 9.97. The quantitative estimate of drug-likeness (QED) is 0.781. The van der Waals surface area contributed by atoms with Crippen molar-refractivity contribution in [3.8, 4) is 0 Å². The van der Waals surface area contributed by atoms with Gasteiger partial charge in [-0.25, -0.2) is 8.42 Å². The van der Waals surface area contributed by atoms with Crippen molar-refractivity contribution in [3.05, 3.63) is 45.7 Å². The topological polar surface area (TPSA) is 66.5 Å². The van der Waals surface area contributed by atoms with E-state index in [1.165, 1.54) is 15.6 Å². The van der Waals surface area contributed by atoms with Gasteiger partial charge in [0, 0.05) is 29.2 Å². The average molecular weight is 443 g/mol. The fourth-order valence-electron chi connectivity index (χ4n) is 2.90. The molecule has 1 aromatic heterocycles. The number of nitrogens with zero attached hydrogens (tertiary/aromatic N) is 1. The molecule has 1 fully saturated rings. The molecule has 5 nitrogen and oxygen atoms in total. The Hall–Kier alpha value is -1.22. The molecule has 1 amide bonds. The first-order valence-electron chi connectivity index (χ1n) is 7.98. The van der Waals surface area contributed by atoms with E-state index in [-0.39, 0.29) is 11.8 Å². The fraction of sp³-hybridized carbons (Fsp3) is 0.353. The van der Waals surface area contributed by atoms with Crippen molar-refractivity contribution >= 4 is 48.9 Å². The Kier molecular flexibility index (Phi) is 5.62. The van der Waals surface area contributed by atoms with Crippen LogP contribution in [0.5, 0.6) is 0 Å². The molecule has 3 rings (SSSR count). The fourth-order valence-corrected chi connectivity index (χ4v) is 5.99. The van der Waals surface area contributed by atoms with Gasteiger partial charge in [-0.1, -0.05) is 22.0 Å². The van der Waals surface area contributed by atoms with Crippen LogP contribution >= 0.6 is 27.3 Å². The van der Waals surface area contributed by atoms with Crippen LogP contribution in [0.15, 0.2) is 44.4 Å². The van der Waals surface area contributed by atoms with Crippen LogP contribution in [0.4, 0.5) is 5.69 Å². The maximum absolute atomic E-state index is 12.5. The second-order valence-electron chi connectivity index (χ2n) is 6.06. The number of nitrogens with one attached hydrogen (secondary N) is 1. The summed E-state index contributed by atoms with van der Waals surface area (Å²) in [7, 11) is -3.42. The molecule has 0 bridgehead atoms. The SMILES string of the molecule is Cc1cc(Br)ccc1NC(=O)C1CCN(S(=O)(=O)c2cccs2)CC1. The first-order valence-corrected chi connectivity index (χ1v) is 11.1. The summed E-state index contributed by atoms with van der Waals surface area (Å²) >= 11 is 4.63. The Morgan fingerprint density at radius 2 is 2.00 bits per heavy atom. The number of sulfonamides is 1. The van der Waals surface area contributed by atoms with Crippen molar-refractivity contribution < 1.29 is 13.2 Å². The number of piperidine rings is 1. The number of amides is 1. The lowest BCUT2D eigenvalue weighted by molar-refractivity contribution is -0.120. The van der Waals surface area contributed by atoms with E-state index in [1.807, 2.05) is 25.1 Å². The van der Waals surface area contributed by atoms with Crippen LogP contribution in [-0.4, -0.2) is 31.7 Å². The van der Waals surface area contributed by atoms with E-state index in [0.717, 1.165) is 15.7 Å². The second kappa shape index (κ2) is 7.57. The highest BCUT2D eigenvalue weighted by Crippen LogP contribution is 2.27. The third kappa shape index (κ3) is 4.13. The molecule has 0 atom stereocenters. The highest BCUT2D eigenvalue weighted by Gasteiger charge is 2.32. The molecule has 2 heterocycles. The highest BCUT2D eigenvalue weighted by atomic mass is 79.9. The predicted molar refractivity (Wildman–Crippen MR) is 103 cm³/mol. The molecule has 134 valence electrons. The third-order valence-electron chi connectivity index (χ3n) is 4.36. The molecule has 0 unspecified atom stereocenters. The van der Waals surface area contributed by atoms with Crippen LogP contribution in [0.1, 0.15) is 18.4 Å². The van der Waals surface area contributed by atoms with E-state index >= 15 is 0 Å². The van der Waals surface area contributed by atoms with Gasteiger partial charge in [-0.2, -0.15) is 4.31 Å². The van der Waals surface area contributed by atoms with Gasteiger partial charge in [0.25, 0.3) is 10.0 Å². The van der Waals surface area contributed by atoms with Crippen LogP contribution in [0.2, 0.25) is 0 Å². The Morgan fingerprint density at radius 3 is 2.60 bits per heavy atom. The lowest BCUT2D eigenvalue weighted by Crippen LogP contribution is -2.41. The summed E-state index contributed by atoms with van der Waals surface area (Å²) in [5, 5.41) is 4.72. The van der Waals surface area contributed by atoms with Gasteiger partial charge in [-0.3, -0.25) is 4.79 Å². The average Bonchev–Trinajstić information content (AvgIpc) is 3.13. The Bertz CT molecular complexity index is 858. The monoisotopic (exact) mass is 442 g/mol. The maximum atomic E-state index is 12.5. The zero-order chi connectivity index (χ0) is 18.0. The summed E-state index contributed by atoms with van der Waals surface area (Å²) < 4.78 is 27.9. The lowest BCUT2D eigenvalue weighted by Gasteiger charge is -2.30. The summed E-state index contributed by atoms with van der Waals surface area (Å²) in [6, 6.07) is 9.06. The first kappa shape index (κ1) is 18.6. The van der Waals surface area contributed by atoms with E-state index in [1.54, 1.807) is 17.5 Å².